The number of rotatable bonds is 5. The van der Waals surface area contributed by atoms with Crippen LogP contribution < -0.4 is 11.1 Å². The number of ether oxygens (including phenoxy) is 1. The first kappa shape index (κ1) is 12.8. The zero-order valence-electron chi connectivity index (χ0n) is 10.1. The van der Waals surface area contributed by atoms with E-state index in [0.717, 1.165) is 16.6 Å². The van der Waals surface area contributed by atoms with Gasteiger partial charge in [-0.2, -0.15) is 0 Å². The van der Waals surface area contributed by atoms with Crippen LogP contribution in [0.25, 0.3) is 10.2 Å². The zero-order chi connectivity index (χ0) is 13.0. The van der Waals surface area contributed by atoms with Gasteiger partial charge in [0.2, 0.25) is 0 Å². The predicted octanol–water partition coefficient (Wildman–Crippen LogP) is 1.64. The van der Waals surface area contributed by atoms with Gasteiger partial charge in [-0.1, -0.05) is 0 Å². The minimum absolute atomic E-state index is 0.147. The van der Waals surface area contributed by atoms with E-state index in [1.54, 1.807) is 13.3 Å². The quantitative estimate of drug-likeness (QED) is 0.806. The number of carbonyl (C=O) groups is 1. The van der Waals surface area contributed by atoms with E-state index >= 15 is 0 Å². The number of aromatic nitrogens is 1. The molecule has 1 amide bonds. The smallest absolute Gasteiger partial charge is 0.263 e. The van der Waals surface area contributed by atoms with Crippen molar-refractivity contribution in [1.29, 1.82) is 0 Å². The number of methoxy groups -OCH3 is 1. The fraction of sp³-hybridized carbons (Fsp3) is 0.333. The molecule has 2 aromatic heterocycles. The number of nitrogens with zero attached hydrogens (tertiary/aromatic N) is 1. The highest BCUT2D eigenvalue weighted by Crippen LogP contribution is 2.31. The van der Waals surface area contributed by atoms with Gasteiger partial charge in [0, 0.05) is 31.8 Å². The van der Waals surface area contributed by atoms with Crippen LogP contribution in [0.3, 0.4) is 0 Å². The Balaban J connectivity index is 2.10. The minimum Gasteiger partial charge on any atom is -0.397 e. The van der Waals surface area contributed by atoms with Gasteiger partial charge in [0.25, 0.3) is 5.91 Å². The maximum absolute atomic E-state index is 11.9. The molecule has 0 aliphatic heterocycles. The van der Waals surface area contributed by atoms with Crippen LogP contribution in [0, 0.1) is 0 Å². The van der Waals surface area contributed by atoms with Gasteiger partial charge in [0.15, 0.2) is 0 Å². The van der Waals surface area contributed by atoms with Crippen LogP contribution in [0.5, 0.6) is 0 Å². The van der Waals surface area contributed by atoms with Crippen LogP contribution >= 0.6 is 11.3 Å². The summed E-state index contributed by atoms with van der Waals surface area (Å²) in [4.78, 5) is 17.5. The molecule has 2 heterocycles. The summed E-state index contributed by atoms with van der Waals surface area (Å²) < 4.78 is 4.92. The number of fused-ring (bicyclic) bond motifs is 1. The third-order valence-corrected chi connectivity index (χ3v) is 3.65. The second-order valence-corrected chi connectivity index (χ2v) is 4.80. The maximum Gasteiger partial charge on any atom is 0.263 e. The number of anilines is 1. The highest BCUT2D eigenvalue weighted by atomic mass is 32.1. The van der Waals surface area contributed by atoms with Crippen molar-refractivity contribution in [3.8, 4) is 0 Å². The van der Waals surface area contributed by atoms with Crippen LogP contribution in [0.2, 0.25) is 0 Å². The summed E-state index contributed by atoms with van der Waals surface area (Å²) in [5, 5.41) is 3.66. The number of pyridine rings is 1. The lowest BCUT2D eigenvalue weighted by atomic mass is 10.2. The number of nitrogens with two attached hydrogens (primary N) is 1. The second-order valence-electron chi connectivity index (χ2n) is 3.80. The highest BCUT2D eigenvalue weighted by Gasteiger charge is 2.16. The van der Waals surface area contributed by atoms with Gasteiger partial charge in [0.05, 0.1) is 5.69 Å². The summed E-state index contributed by atoms with van der Waals surface area (Å²) in [5.41, 5.74) is 6.46. The highest BCUT2D eigenvalue weighted by molar-refractivity contribution is 7.21. The van der Waals surface area contributed by atoms with Crippen LogP contribution in [0.15, 0.2) is 18.3 Å². The van der Waals surface area contributed by atoms with Crippen LogP contribution in [0.1, 0.15) is 16.1 Å². The summed E-state index contributed by atoms with van der Waals surface area (Å²) in [6.07, 6.45) is 2.48. The predicted molar refractivity (Wildman–Crippen MR) is 72.9 cm³/mol. The number of carbonyl (C=O) groups excluding carboxylic acids is 1. The van der Waals surface area contributed by atoms with E-state index in [0.29, 0.717) is 23.7 Å². The molecule has 0 saturated heterocycles. The number of nitrogens with one attached hydrogen (secondary N) is 1. The summed E-state index contributed by atoms with van der Waals surface area (Å²) in [6.45, 7) is 1.21. The molecule has 0 fully saturated rings. The number of nitrogen functional groups attached to an aromatic ring is 1. The number of amides is 1. The van der Waals surface area contributed by atoms with Gasteiger partial charge in [-0.25, -0.2) is 4.98 Å². The molecule has 6 heteroatoms. The third-order valence-electron chi connectivity index (χ3n) is 2.52. The molecule has 18 heavy (non-hydrogen) atoms. The van der Waals surface area contributed by atoms with E-state index in [2.05, 4.69) is 10.3 Å². The Morgan fingerprint density at radius 3 is 3.17 bits per heavy atom. The van der Waals surface area contributed by atoms with Gasteiger partial charge < -0.3 is 15.8 Å². The Morgan fingerprint density at radius 1 is 1.61 bits per heavy atom. The number of thiophene rings is 1. The fourth-order valence-corrected chi connectivity index (χ4v) is 2.60. The summed E-state index contributed by atoms with van der Waals surface area (Å²) >= 11 is 1.32. The molecule has 96 valence electrons. The van der Waals surface area contributed by atoms with Gasteiger partial charge >= 0.3 is 0 Å². The van der Waals surface area contributed by atoms with E-state index in [1.165, 1.54) is 11.3 Å². The van der Waals surface area contributed by atoms with E-state index < -0.39 is 0 Å². The van der Waals surface area contributed by atoms with Crippen LogP contribution in [-0.2, 0) is 4.74 Å². The van der Waals surface area contributed by atoms with Crippen molar-refractivity contribution in [3.05, 3.63) is 23.2 Å². The first-order valence-corrected chi connectivity index (χ1v) is 6.46. The molecular weight excluding hydrogens is 250 g/mol. The minimum atomic E-state index is -0.147. The second kappa shape index (κ2) is 5.79. The van der Waals surface area contributed by atoms with Crippen LogP contribution in [-0.4, -0.2) is 31.2 Å². The lowest BCUT2D eigenvalue weighted by molar-refractivity contribution is 0.0953. The van der Waals surface area contributed by atoms with Crippen molar-refractivity contribution in [1.82, 2.24) is 10.3 Å². The van der Waals surface area contributed by atoms with Gasteiger partial charge in [-0.15, -0.1) is 11.3 Å². The molecule has 3 N–H and O–H groups in total. The molecule has 0 atom stereocenters. The molecule has 0 aliphatic carbocycles. The summed E-state index contributed by atoms with van der Waals surface area (Å²) in [6, 6.07) is 3.68. The number of hydrogen-bond acceptors (Lipinski definition) is 5. The molecule has 0 unspecified atom stereocenters. The van der Waals surface area contributed by atoms with Crippen molar-refractivity contribution in [2.45, 2.75) is 6.42 Å². The van der Waals surface area contributed by atoms with E-state index in [4.69, 9.17) is 10.5 Å². The Hall–Kier alpha value is -1.66. The average molecular weight is 265 g/mol. The number of hydrogen-bond donors (Lipinski definition) is 2. The first-order valence-electron chi connectivity index (χ1n) is 5.64. The molecule has 0 aromatic carbocycles. The average Bonchev–Trinajstić information content (AvgIpc) is 2.73. The van der Waals surface area contributed by atoms with Crippen molar-refractivity contribution in [2.75, 3.05) is 26.0 Å². The Kier molecular flexibility index (Phi) is 4.11. The SMILES string of the molecule is COCCCNC(=O)c1sc2ncccc2c1N. The lowest BCUT2D eigenvalue weighted by Gasteiger charge is -2.03. The van der Waals surface area contributed by atoms with E-state index in [1.807, 2.05) is 12.1 Å². The van der Waals surface area contributed by atoms with Gasteiger partial charge in [-0.3, -0.25) is 4.79 Å². The molecular formula is C12H15N3O2S. The fourth-order valence-electron chi connectivity index (χ4n) is 1.62. The monoisotopic (exact) mass is 265 g/mol. The Labute approximate surface area is 109 Å². The molecule has 0 aliphatic rings. The van der Waals surface area contributed by atoms with Crippen LogP contribution in [0.4, 0.5) is 5.69 Å². The summed E-state index contributed by atoms with van der Waals surface area (Å²) in [5.74, 6) is -0.147. The molecule has 0 spiro atoms. The largest absolute Gasteiger partial charge is 0.397 e. The standard InChI is InChI=1S/C12H15N3O2S/c1-17-7-3-6-14-11(16)10-9(13)8-4-2-5-15-12(8)18-10/h2,4-5H,3,6-7,13H2,1H3,(H,14,16). The van der Waals surface area contributed by atoms with Gasteiger partial charge in [0.1, 0.15) is 9.71 Å². The Morgan fingerprint density at radius 2 is 2.44 bits per heavy atom. The van der Waals surface area contributed by atoms with Crippen molar-refractivity contribution < 1.29 is 9.53 Å². The summed E-state index contributed by atoms with van der Waals surface area (Å²) in [7, 11) is 1.64. The van der Waals surface area contributed by atoms with Crippen molar-refractivity contribution >= 4 is 33.1 Å². The molecule has 0 saturated carbocycles. The van der Waals surface area contributed by atoms with Gasteiger partial charge in [-0.05, 0) is 18.6 Å². The Bertz CT molecular complexity index is 553. The lowest BCUT2D eigenvalue weighted by Crippen LogP contribution is -2.25. The maximum atomic E-state index is 11.9. The molecule has 2 aromatic rings. The normalized spacial score (nSPS) is 10.7. The van der Waals surface area contributed by atoms with Crippen molar-refractivity contribution in [2.24, 2.45) is 0 Å². The third kappa shape index (κ3) is 2.60. The first-order chi connectivity index (χ1) is 8.74. The molecule has 5 nitrogen and oxygen atoms in total. The van der Waals surface area contributed by atoms with Crippen molar-refractivity contribution in [3.63, 3.8) is 0 Å². The zero-order valence-corrected chi connectivity index (χ0v) is 10.9. The van der Waals surface area contributed by atoms with E-state index in [9.17, 15) is 4.79 Å². The van der Waals surface area contributed by atoms with E-state index in [-0.39, 0.29) is 5.91 Å². The topological polar surface area (TPSA) is 77.2 Å². The molecule has 0 radical (unpaired) electrons. The molecule has 0 bridgehead atoms. The molecule has 2 rings (SSSR count).